The van der Waals surface area contributed by atoms with E-state index in [4.69, 9.17) is 20.9 Å². The number of halogens is 1. The second-order valence-electron chi connectivity index (χ2n) is 5.34. The van der Waals surface area contributed by atoms with Gasteiger partial charge < -0.3 is 14.6 Å². The highest BCUT2D eigenvalue weighted by Gasteiger charge is 2.06. The number of carbonyl (C=O) groups excluding carboxylic acids is 1. The molecule has 0 aliphatic rings. The average molecular weight is 358 g/mol. The van der Waals surface area contributed by atoms with Crippen LogP contribution in [0, 0.1) is 6.92 Å². The number of hydrogen-bond acceptors (Lipinski definition) is 4. The highest BCUT2D eigenvalue weighted by molar-refractivity contribution is 6.30. The largest absolute Gasteiger partial charge is 0.489 e. The number of amides is 2. The lowest BCUT2D eigenvalue weighted by Crippen LogP contribution is -2.19. The SMILES string of the molecule is Cc1cc(NC(=O)Nc2ccc(OCc3ccc(Cl)cc3)cc2)no1. The zero-order valence-corrected chi connectivity index (χ0v) is 14.2. The summed E-state index contributed by atoms with van der Waals surface area (Å²) in [6.45, 7) is 2.19. The van der Waals surface area contributed by atoms with Crippen LogP contribution in [0.2, 0.25) is 5.02 Å². The minimum atomic E-state index is -0.400. The number of rotatable bonds is 5. The molecule has 25 heavy (non-hydrogen) atoms. The van der Waals surface area contributed by atoms with Crippen molar-refractivity contribution in [3.8, 4) is 5.75 Å². The van der Waals surface area contributed by atoms with Crippen LogP contribution in [0.25, 0.3) is 0 Å². The first-order chi connectivity index (χ1) is 12.1. The van der Waals surface area contributed by atoms with Gasteiger partial charge in [0.15, 0.2) is 5.82 Å². The number of urea groups is 1. The van der Waals surface area contributed by atoms with Crippen molar-refractivity contribution >= 4 is 29.1 Å². The van der Waals surface area contributed by atoms with Crippen molar-refractivity contribution in [3.05, 3.63) is 70.9 Å². The zero-order chi connectivity index (χ0) is 17.6. The van der Waals surface area contributed by atoms with E-state index in [1.807, 2.05) is 24.3 Å². The van der Waals surface area contributed by atoms with Crippen molar-refractivity contribution in [1.82, 2.24) is 5.16 Å². The van der Waals surface area contributed by atoms with Gasteiger partial charge in [-0.3, -0.25) is 5.32 Å². The number of nitrogens with zero attached hydrogens (tertiary/aromatic N) is 1. The van der Waals surface area contributed by atoms with Crippen molar-refractivity contribution in [1.29, 1.82) is 0 Å². The fourth-order valence-electron chi connectivity index (χ4n) is 2.09. The second kappa shape index (κ2) is 7.72. The van der Waals surface area contributed by atoms with E-state index >= 15 is 0 Å². The molecule has 1 heterocycles. The third-order valence-corrected chi connectivity index (χ3v) is 3.55. The molecule has 0 spiro atoms. The van der Waals surface area contributed by atoms with Gasteiger partial charge in [0, 0.05) is 16.8 Å². The number of nitrogens with one attached hydrogen (secondary N) is 2. The highest BCUT2D eigenvalue weighted by Crippen LogP contribution is 2.18. The molecule has 0 aliphatic carbocycles. The van der Waals surface area contributed by atoms with Crippen LogP contribution in [-0.2, 0) is 6.61 Å². The van der Waals surface area contributed by atoms with E-state index in [9.17, 15) is 4.79 Å². The molecule has 0 saturated carbocycles. The summed E-state index contributed by atoms with van der Waals surface area (Å²) in [6, 6.07) is 15.8. The van der Waals surface area contributed by atoms with Crippen molar-refractivity contribution in [3.63, 3.8) is 0 Å². The number of aromatic nitrogens is 1. The summed E-state index contributed by atoms with van der Waals surface area (Å²) in [5, 5.41) is 9.67. The first-order valence-electron chi connectivity index (χ1n) is 7.57. The maximum absolute atomic E-state index is 11.9. The normalized spacial score (nSPS) is 10.3. The second-order valence-corrected chi connectivity index (χ2v) is 5.78. The Labute approximate surface area is 149 Å². The summed E-state index contributed by atoms with van der Waals surface area (Å²) in [7, 11) is 0. The lowest BCUT2D eigenvalue weighted by Gasteiger charge is -2.08. The van der Waals surface area contributed by atoms with Gasteiger partial charge in [0.05, 0.1) is 0 Å². The molecule has 0 atom stereocenters. The number of hydrogen-bond donors (Lipinski definition) is 2. The molecule has 0 bridgehead atoms. The van der Waals surface area contributed by atoms with Crippen molar-refractivity contribution in [2.24, 2.45) is 0 Å². The van der Waals surface area contributed by atoms with Gasteiger partial charge in [0.1, 0.15) is 18.1 Å². The summed E-state index contributed by atoms with van der Waals surface area (Å²) < 4.78 is 10.6. The van der Waals surface area contributed by atoms with E-state index in [0.717, 1.165) is 5.56 Å². The molecule has 128 valence electrons. The number of benzene rings is 2. The van der Waals surface area contributed by atoms with E-state index in [1.54, 1.807) is 37.3 Å². The van der Waals surface area contributed by atoms with Crippen LogP contribution in [0.4, 0.5) is 16.3 Å². The van der Waals surface area contributed by atoms with E-state index < -0.39 is 6.03 Å². The molecule has 3 aromatic rings. The fourth-order valence-corrected chi connectivity index (χ4v) is 2.21. The third kappa shape index (κ3) is 4.99. The molecular formula is C18H16ClN3O3. The Kier molecular flexibility index (Phi) is 5.20. The molecule has 0 radical (unpaired) electrons. The standard InChI is InChI=1S/C18H16ClN3O3/c1-12-10-17(22-25-12)21-18(23)20-15-6-8-16(9-7-15)24-11-13-2-4-14(19)5-3-13/h2-10H,11H2,1H3,(H2,20,21,22,23). The summed E-state index contributed by atoms with van der Waals surface area (Å²) in [6.07, 6.45) is 0. The third-order valence-electron chi connectivity index (χ3n) is 3.30. The first kappa shape index (κ1) is 16.9. The average Bonchev–Trinajstić information content (AvgIpc) is 3.00. The Morgan fingerprint density at radius 1 is 1.12 bits per heavy atom. The molecule has 7 heteroatoms. The van der Waals surface area contributed by atoms with Gasteiger partial charge in [-0.15, -0.1) is 0 Å². The minimum Gasteiger partial charge on any atom is -0.489 e. The summed E-state index contributed by atoms with van der Waals surface area (Å²) >= 11 is 5.85. The highest BCUT2D eigenvalue weighted by atomic mass is 35.5. The lowest BCUT2D eigenvalue weighted by molar-refractivity contribution is 0.262. The van der Waals surface area contributed by atoms with Crippen LogP contribution in [-0.4, -0.2) is 11.2 Å². The van der Waals surface area contributed by atoms with Gasteiger partial charge in [-0.05, 0) is 48.9 Å². The Balaban J connectivity index is 1.51. The maximum atomic E-state index is 11.9. The molecule has 0 aliphatic heterocycles. The molecule has 2 aromatic carbocycles. The predicted molar refractivity (Wildman–Crippen MR) is 96.1 cm³/mol. The van der Waals surface area contributed by atoms with Crippen LogP contribution in [0.3, 0.4) is 0 Å². The monoisotopic (exact) mass is 357 g/mol. The van der Waals surface area contributed by atoms with E-state index in [1.165, 1.54) is 0 Å². The van der Waals surface area contributed by atoms with Crippen molar-refractivity contribution in [2.45, 2.75) is 13.5 Å². The Hall–Kier alpha value is -2.99. The van der Waals surface area contributed by atoms with E-state index in [-0.39, 0.29) is 0 Å². The van der Waals surface area contributed by atoms with Gasteiger partial charge in [-0.1, -0.05) is 28.9 Å². The van der Waals surface area contributed by atoms with Gasteiger partial charge in [0.2, 0.25) is 0 Å². The van der Waals surface area contributed by atoms with Crippen LogP contribution < -0.4 is 15.4 Å². The smallest absolute Gasteiger partial charge is 0.324 e. The molecule has 0 saturated heterocycles. The minimum absolute atomic E-state index is 0.359. The Morgan fingerprint density at radius 3 is 2.48 bits per heavy atom. The Morgan fingerprint density at radius 2 is 1.84 bits per heavy atom. The van der Waals surface area contributed by atoms with Crippen LogP contribution in [0.1, 0.15) is 11.3 Å². The zero-order valence-electron chi connectivity index (χ0n) is 13.5. The predicted octanol–water partition coefficient (Wildman–Crippen LogP) is 4.86. The number of aryl methyl sites for hydroxylation is 1. The quantitative estimate of drug-likeness (QED) is 0.683. The van der Waals surface area contributed by atoms with Gasteiger partial charge >= 0.3 is 6.03 Å². The molecule has 2 N–H and O–H groups in total. The fraction of sp³-hybridized carbons (Fsp3) is 0.111. The summed E-state index contributed by atoms with van der Waals surface area (Å²) in [4.78, 5) is 11.9. The molecule has 0 fully saturated rings. The van der Waals surface area contributed by atoms with Gasteiger partial charge in [-0.25, -0.2) is 4.79 Å². The summed E-state index contributed by atoms with van der Waals surface area (Å²) in [5.41, 5.74) is 1.66. The molecule has 2 amide bonds. The maximum Gasteiger partial charge on any atom is 0.324 e. The first-order valence-corrected chi connectivity index (χ1v) is 7.95. The molecule has 6 nitrogen and oxygen atoms in total. The van der Waals surface area contributed by atoms with Crippen molar-refractivity contribution in [2.75, 3.05) is 10.6 Å². The number of carbonyl (C=O) groups is 1. The van der Waals surface area contributed by atoms with Crippen LogP contribution in [0.15, 0.2) is 59.1 Å². The molecule has 3 rings (SSSR count). The van der Waals surface area contributed by atoms with Crippen molar-refractivity contribution < 1.29 is 14.1 Å². The van der Waals surface area contributed by atoms with E-state index in [0.29, 0.717) is 34.6 Å². The lowest BCUT2D eigenvalue weighted by atomic mass is 10.2. The number of ether oxygens (including phenoxy) is 1. The Bertz CT molecular complexity index is 845. The summed E-state index contributed by atoms with van der Waals surface area (Å²) in [5.74, 6) is 1.68. The molecule has 1 aromatic heterocycles. The van der Waals surface area contributed by atoms with Gasteiger partial charge in [-0.2, -0.15) is 0 Å². The topological polar surface area (TPSA) is 76.4 Å². The van der Waals surface area contributed by atoms with Crippen LogP contribution >= 0.6 is 11.6 Å². The number of anilines is 2. The van der Waals surface area contributed by atoms with E-state index in [2.05, 4.69) is 15.8 Å². The van der Waals surface area contributed by atoms with Gasteiger partial charge in [0.25, 0.3) is 0 Å². The van der Waals surface area contributed by atoms with Crippen LogP contribution in [0.5, 0.6) is 5.75 Å². The molecule has 0 unspecified atom stereocenters. The molecular weight excluding hydrogens is 342 g/mol.